The maximum absolute atomic E-state index is 12.3. The second-order valence-corrected chi connectivity index (χ2v) is 12.9. The fourth-order valence-electron chi connectivity index (χ4n) is 5.64. The molecule has 0 amide bonds. The summed E-state index contributed by atoms with van der Waals surface area (Å²) in [6, 6.07) is 7.37. The van der Waals surface area contributed by atoms with Gasteiger partial charge in [0.15, 0.2) is 0 Å². The number of nitrogens with zero attached hydrogens (tertiary/aromatic N) is 6. The lowest BCUT2D eigenvalue weighted by atomic mass is 9.93. The monoisotopic (exact) mass is 553 g/mol. The summed E-state index contributed by atoms with van der Waals surface area (Å²) in [5, 5.41) is 18.0. The normalized spacial score (nSPS) is 19.4. The third-order valence-corrected chi connectivity index (χ3v) is 9.46. The molecule has 2 saturated heterocycles. The molecule has 2 aliphatic heterocycles. The van der Waals surface area contributed by atoms with Gasteiger partial charge in [-0.05, 0) is 75.1 Å². The fraction of sp³-hybridized carbons (Fsp3) is 0.556. The molecule has 3 fully saturated rings. The van der Waals surface area contributed by atoms with Gasteiger partial charge in [0.05, 0.1) is 41.3 Å². The number of hydrogen-bond acceptors (Lipinski definition) is 9. The number of piperidine rings is 1. The highest BCUT2D eigenvalue weighted by molar-refractivity contribution is 7.92. The number of benzene rings is 1. The molecule has 1 spiro atoms. The SMILES string of the molecule is Cc1cc(-c2cn(-c3ccc(NS(=O)(=O)CCO)cc3N3CCC4(CC3)CC4)nn2)nc(C2CCOCC2)n1. The first-order valence-corrected chi connectivity index (χ1v) is 15.4. The standard InChI is InChI=1S/C27H35N7O4S/c1-19-16-22(29-26(28-19)20-4-13-38-14-5-20)23-18-34(32-30-23)24-3-2-21(31-39(36,37)15-12-35)17-25(24)33-10-8-27(6-7-27)9-11-33/h2-3,16-18,20,31,35H,4-15H2,1H3. The molecular weight excluding hydrogens is 518 g/mol. The van der Waals surface area contributed by atoms with E-state index >= 15 is 0 Å². The van der Waals surface area contributed by atoms with E-state index in [4.69, 9.17) is 19.8 Å². The predicted octanol–water partition coefficient (Wildman–Crippen LogP) is 3.04. The molecule has 11 nitrogen and oxygen atoms in total. The minimum Gasteiger partial charge on any atom is -0.395 e. The lowest BCUT2D eigenvalue weighted by Gasteiger charge is -2.35. The van der Waals surface area contributed by atoms with E-state index < -0.39 is 16.6 Å². The second-order valence-electron chi connectivity index (χ2n) is 11.0. The van der Waals surface area contributed by atoms with Crippen LogP contribution in [0.3, 0.4) is 0 Å². The minimum atomic E-state index is -3.64. The van der Waals surface area contributed by atoms with Crippen LogP contribution in [-0.2, 0) is 14.8 Å². The first-order chi connectivity index (χ1) is 18.8. The van der Waals surface area contributed by atoms with Gasteiger partial charge in [-0.3, -0.25) is 4.72 Å². The van der Waals surface area contributed by atoms with Crippen molar-refractivity contribution in [2.45, 2.75) is 51.4 Å². The van der Waals surface area contributed by atoms with Crippen molar-refractivity contribution in [3.8, 4) is 17.1 Å². The molecular formula is C27H35N7O4S. The van der Waals surface area contributed by atoms with Crippen molar-refractivity contribution < 1.29 is 18.3 Å². The average molecular weight is 554 g/mol. The lowest BCUT2D eigenvalue weighted by Crippen LogP contribution is -2.35. The van der Waals surface area contributed by atoms with Crippen molar-refractivity contribution in [3.63, 3.8) is 0 Å². The third-order valence-electron chi connectivity index (χ3n) is 8.19. The van der Waals surface area contributed by atoms with Gasteiger partial charge in [0, 0.05) is 37.9 Å². The lowest BCUT2D eigenvalue weighted by molar-refractivity contribution is 0.0835. The number of sulfonamides is 1. The molecule has 1 aromatic carbocycles. The molecule has 1 saturated carbocycles. The van der Waals surface area contributed by atoms with Crippen molar-refractivity contribution in [2.24, 2.45) is 5.41 Å². The van der Waals surface area contributed by atoms with E-state index in [2.05, 4.69) is 19.9 Å². The van der Waals surface area contributed by atoms with E-state index in [1.165, 1.54) is 12.8 Å². The van der Waals surface area contributed by atoms with Gasteiger partial charge < -0.3 is 14.7 Å². The first kappa shape index (κ1) is 26.1. The summed E-state index contributed by atoms with van der Waals surface area (Å²) in [5.41, 5.74) is 4.96. The van der Waals surface area contributed by atoms with Crippen molar-refractivity contribution in [2.75, 3.05) is 48.3 Å². The summed E-state index contributed by atoms with van der Waals surface area (Å²) in [6.45, 7) is 4.78. The van der Waals surface area contributed by atoms with Gasteiger partial charge in [-0.1, -0.05) is 5.21 Å². The zero-order valence-electron chi connectivity index (χ0n) is 22.2. The summed E-state index contributed by atoms with van der Waals surface area (Å²) in [6.07, 6.45) is 8.55. The van der Waals surface area contributed by atoms with Crippen LogP contribution in [0.1, 0.15) is 56.0 Å². The van der Waals surface area contributed by atoms with Gasteiger partial charge in [0.1, 0.15) is 11.5 Å². The predicted molar refractivity (Wildman–Crippen MR) is 148 cm³/mol. The van der Waals surface area contributed by atoms with Crippen LogP contribution in [0.2, 0.25) is 0 Å². The third kappa shape index (κ3) is 5.78. The zero-order chi connectivity index (χ0) is 27.0. The molecule has 0 atom stereocenters. The molecule has 2 N–H and O–H groups in total. The fourth-order valence-corrected chi connectivity index (χ4v) is 6.47. The van der Waals surface area contributed by atoms with Crippen LogP contribution in [0.15, 0.2) is 30.5 Å². The quantitative estimate of drug-likeness (QED) is 0.431. The van der Waals surface area contributed by atoms with Crippen LogP contribution in [0, 0.1) is 12.3 Å². The number of anilines is 2. The number of rotatable bonds is 8. The van der Waals surface area contributed by atoms with E-state index in [0.29, 0.717) is 16.8 Å². The molecule has 6 rings (SSSR count). The van der Waals surface area contributed by atoms with Gasteiger partial charge >= 0.3 is 0 Å². The summed E-state index contributed by atoms with van der Waals surface area (Å²) in [4.78, 5) is 11.9. The Morgan fingerprint density at radius 3 is 2.54 bits per heavy atom. The minimum absolute atomic E-state index is 0.273. The summed E-state index contributed by atoms with van der Waals surface area (Å²) in [5.74, 6) is 0.747. The van der Waals surface area contributed by atoms with E-state index in [0.717, 1.165) is 80.6 Å². The van der Waals surface area contributed by atoms with E-state index in [-0.39, 0.29) is 11.7 Å². The van der Waals surface area contributed by atoms with Crippen LogP contribution in [0.5, 0.6) is 0 Å². The second kappa shape index (κ2) is 10.5. The Bertz CT molecular complexity index is 1440. The summed E-state index contributed by atoms with van der Waals surface area (Å²) in [7, 11) is -3.64. The molecule has 12 heteroatoms. The molecule has 4 heterocycles. The topological polar surface area (TPSA) is 135 Å². The van der Waals surface area contributed by atoms with Crippen molar-refractivity contribution >= 4 is 21.4 Å². The van der Waals surface area contributed by atoms with E-state index in [9.17, 15) is 8.42 Å². The first-order valence-electron chi connectivity index (χ1n) is 13.7. The van der Waals surface area contributed by atoms with Crippen LogP contribution in [0.25, 0.3) is 17.1 Å². The Balaban J connectivity index is 1.32. The molecule has 0 radical (unpaired) electrons. The van der Waals surface area contributed by atoms with Gasteiger partial charge in [-0.15, -0.1) is 5.10 Å². The molecule has 39 heavy (non-hydrogen) atoms. The number of aliphatic hydroxyl groups excluding tert-OH is 1. The molecule has 3 aromatic rings. The smallest absolute Gasteiger partial charge is 0.234 e. The van der Waals surface area contributed by atoms with E-state index in [1.807, 2.05) is 31.3 Å². The maximum Gasteiger partial charge on any atom is 0.234 e. The highest BCUT2D eigenvalue weighted by Gasteiger charge is 2.44. The Hall–Kier alpha value is -3.09. The summed E-state index contributed by atoms with van der Waals surface area (Å²) < 4.78 is 34.5. The van der Waals surface area contributed by atoms with Gasteiger partial charge in [-0.25, -0.2) is 23.1 Å². The van der Waals surface area contributed by atoms with Crippen LogP contribution >= 0.6 is 0 Å². The molecule has 0 unspecified atom stereocenters. The van der Waals surface area contributed by atoms with Crippen molar-refractivity contribution in [3.05, 3.63) is 42.0 Å². The molecule has 208 valence electrons. The van der Waals surface area contributed by atoms with Crippen LogP contribution < -0.4 is 9.62 Å². The van der Waals surface area contributed by atoms with Crippen molar-refractivity contribution in [1.82, 2.24) is 25.0 Å². The zero-order valence-corrected chi connectivity index (χ0v) is 23.0. The number of nitrogens with one attached hydrogen (secondary N) is 1. The van der Waals surface area contributed by atoms with Crippen LogP contribution in [-0.4, -0.2) is 77.1 Å². The number of hydrogen-bond donors (Lipinski definition) is 2. The number of aryl methyl sites for hydroxylation is 1. The van der Waals surface area contributed by atoms with Crippen molar-refractivity contribution in [1.29, 1.82) is 0 Å². The molecule has 0 bridgehead atoms. The van der Waals surface area contributed by atoms with Crippen LogP contribution in [0.4, 0.5) is 11.4 Å². The molecule has 3 aliphatic rings. The maximum atomic E-state index is 12.3. The van der Waals surface area contributed by atoms with E-state index in [1.54, 1.807) is 10.7 Å². The molecule has 2 aromatic heterocycles. The molecule has 1 aliphatic carbocycles. The highest BCUT2D eigenvalue weighted by Crippen LogP contribution is 2.54. The Kier molecular flexibility index (Phi) is 7.02. The average Bonchev–Trinajstić information content (AvgIpc) is 3.49. The highest BCUT2D eigenvalue weighted by atomic mass is 32.2. The van der Waals surface area contributed by atoms with Gasteiger partial charge in [0.2, 0.25) is 10.0 Å². The Morgan fingerprint density at radius 1 is 1.05 bits per heavy atom. The summed E-state index contributed by atoms with van der Waals surface area (Å²) >= 11 is 0. The number of aromatic nitrogens is 5. The Labute approximate surface area is 228 Å². The van der Waals surface area contributed by atoms with Gasteiger partial charge in [-0.2, -0.15) is 0 Å². The number of aliphatic hydroxyl groups is 1. The Morgan fingerprint density at radius 2 is 1.82 bits per heavy atom. The largest absolute Gasteiger partial charge is 0.395 e. The van der Waals surface area contributed by atoms with Gasteiger partial charge in [0.25, 0.3) is 0 Å². The number of ether oxygens (including phenoxy) is 1.